The first-order valence-electron chi connectivity index (χ1n) is 34.3. The normalized spacial score (nSPS) is 12.4. The number of carbonyl (C=O) groups is 3. The molecule has 454 valence electrons. The largest absolute Gasteiger partial charge is 0.462 e. The van der Waals surface area contributed by atoms with Gasteiger partial charge in [-0.05, 0) is 89.9 Å². The fourth-order valence-electron chi connectivity index (χ4n) is 10.1. The Kier molecular flexibility index (Phi) is 64.2. The van der Waals surface area contributed by atoms with Crippen molar-refractivity contribution in [2.24, 2.45) is 0 Å². The van der Waals surface area contributed by atoms with Crippen LogP contribution in [0.1, 0.15) is 361 Å². The fourth-order valence-corrected chi connectivity index (χ4v) is 10.1. The Balaban J connectivity index is 4.21. The molecule has 78 heavy (non-hydrogen) atoms. The van der Waals surface area contributed by atoms with E-state index in [0.29, 0.717) is 19.3 Å². The topological polar surface area (TPSA) is 78.9 Å². The molecule has 0 heterocycles. The first-order valence-corrected chi connectivity index (χ1v) is 34.3. The van der Waals surface area contributed by atoms with Crippen LogP contribution in [-0.4, -0.2) is 37.2 Å². The zero-order valence-electron chi connectivity index (χ0n) is 52.2. The number of carbonyl (C=O) groups excluding carboxylic acids is 3. The van der Waals surface area contributed by atoms with E-state index in [1.54, 1.807) is 0 Å². The lowest BCUT2D eigenvalue weighted by Crippen LogP contribution is -2.30. The minimum absolute atomic E-state index is 0.0717. The fraction of sp³-hybridized carbons (Fsp3) is 0.819. The Bertz CT molecular complexity index is 1390. The predicted octanol–water partition coefficient (Wildman–Crippen LogP) is 23.5. The van der Waals surface area contributed by atoms with Crippen LogP contribution >= 0.6 is 0 Å². The van der Waals surface area contributed by atoms with Crippen LogP contribution in [0.4, 0.5) is 0 Å². The predicted molar refractivity (Wildman–Crippen MR) is 339 cm³/mol. The molecule has 1 unspecified atom stereocenters. The van der Waals surface area contributed by atoms with Crippen molar-refractivity contribution in [1.82, 2.24) is 0 Å². The number of unbranched alkanes of at least 4 members (excludes halogenated alkanes) is 42. The summed E-state index contributed by atoms with van der Waals surface area (Å²) in [4.78, 5) is 38.3. The van der Waals surface area contributed by atoms with Crippen molar-refractivity contribution in [2.75, 3.05) is 13.2 Å². The summed E-state index contributed by atoms with van der Waals surface area (Å²) in [6.07, 6.45) is 85.2. The molecule has 0 N–H and O–H groups in total. The Morgan fingerprint density at radius 1 is 0.256 bits per heavy atom. The molecule has 6 heteroatoms. The first kappa shape index (κ1) is 75.1. The van der Waals surface area contributed by atoms with Crippen LogP contribution in [0.25, 0.3) is 0 Å². The van der Waals surface area contributed by atoms with Gasteiger partial charge in [0.25, 0.3) is 0 Å². The Labute approximate surface area is 485 Å². The molecule has 1 atom stereocenters. The van der Waals surface area contributed by atoms with E-state index in [2.05, 4.69) is 81.5 Å². The number of hydrogen-bond donors (Lipinski definition) is 0. The van der Waals surface area contributed by atoms with Crippen LogP contribution in [0.15, 0.2) is 60.8 Å². The minimum atomic E-state index is -0.775. The summed E-state index contributed by atoms with van der Waals surface area (Å²) in [5, 5.41) is 0. The summed E-state index contributed by atoms with van der Waals surface area (Å²) in [5.41, 5.74) is 0. The van der Waals surface area contributed by atoms with Gasteiger partial charge >= 0.3 is 17.9 Å². The zero-order chi connectivity index (χ0) is 56.4. The second kappa shape index (κ2) is 66.6. The molecule has 0 saturated heterocycles. The van der Waals surface area contributed by atoms with E-state index in [1.807, 2.05) is 0 Å². The SMILES string of the molecule is CCCCC/C=C\C/C=C\CCCCCCCCCCCC(=O)OC(COC(=O)CCCCCCCCCCCCCC)COC(=O)CCCCCCCCCCCCCCCC/C=C\C/C=C\C/C=C\CCCCCCC. The van der Waals surface area contributed by atoms with Crippen LogP contribution in [-0.2, 0) is 28.6 Å². The third kappa shape index (κ3) is 63.9. The quantitative estimate of drug-likeness (QED) is 0.0261. The van der Waals surface area contributed by atoms with Gasteiger partial charge in [0, 0.05) is 19.3 Å². The molecule has 0 aliphatic rings. The summed E-state index contributed by atoms with van der Waals surface area (Å²) in [5.74, 6) is -0.856. The Morgan fingerprint density at radius 2 is 0.462 bits per heavy atom. The van der Waals surface area contributed by atoms with Crippen LogP contribution in [0.2, 0.25) is 0 Å². The number of ether oxygens (including phenoxy) is 3. The van der Waals surface area contributed by atoms with E-state index in [0.717, 1.165) is 77.0 Å². The van der Waals surface area contributed by atoms with Crippen LogP contribution in [0, 0.1) is 0 Å². The van der Waals surface area contributed by atoms with Gasteiger partial charge in [0.05, 0.1) is 0 Å². The maximum absolute atomic E-state index is 12.9. The third-order valence-electron chi connectivity index (χ3n) is 15.2. The van der Waals surface area contributed by atoms with Gasteiger partial charge in [-0.15, -0.1) is 0 Å². The summed E-state index contributed by atoms with van der Waals surface area (Å²) in [6, 6.07) is 0. The molecule has 0 aromatic rings. The molecule has 0 aromatic heterocycles. The van der Waals surface area contributed by atoms with Gasteiger partial charge in [0.1, 0.15) is 13.2 Å². The van der Waals surface area contributed by atoms with Gasteiger partial charge in [-0.25, -0.2) is 0 Å². The van der Waals surface area contributed by atoms with Gasteiger partial charge < -0.3 is 14.2 Å². The lowest BCUT2D eigenvalue weighted by atomic mass is 10.0. The number of esters is 3. The number of rotatable bonds is 63. The maximum atomic E-state index is 12.9. The van der Waals surface area contributed by atoms with E-state index in [9.17, 15) is 14.4 Å². The summed E-state index contributed by atoms with van der Waals surface area (Å²) in [6.45, 7) is 6.65. The van der Waals surface area contributed by atoms with Gasteiger partial charge in [-0.2, -0.15) is 0 Å². The van der Waals surface area contributed by atoms with Crippen LogP contribution < -0.4 is 0 Å². The highest BCUT2D eigenvalue weighted by molar-refractivity contribution is 5.71. The lowest BCUT2D eigenvalue weighted by molar-refractivity contribution is -0.167. The molecular weight excluding hydrogens is 961 g/mol. The number of hydrogen-bond acceptors (Lipinski definition) is 6. The second-order valence-electron chi connectivity index (χ2n) is 23.1. The molecule has 0 saturated carbocycles. The van der Waals surface area contributed by atoms with E-state index in [4.69, 9.17) is 14.2 Å². The van der Waals surface area contributed by atoms with Gasteiger partial charge in [-0.3, -0.25) is 14.4 Å². The lowest BCUT2D eigenvalue weighted by Gasteiger charge is -2.18. The second-order valence-corrected chi connectivity index (χ2v) is 23.1. The molecule has 0 aliphatic heterocycles. The van der Waals surface area contributed by atoms with Crippen molar-refractivity contribution < 1.29 is 28.6 Å². The van der Waals surface area contributed by atoms with Crippen molar-refractivity contribution in [2.45, 2.75) is 367 Å². The highest BCUT2D eigenvalue weighted by Crippen LogP contribution is 2.17. The molecule has 6 nitrogen and oxygen atoms in total. The maximum Gasteiger partial charge on any atom is 0.306 e. The molecule has 0 aromatic carbocycles. The minimum Gasteiger partial charge on any atom is -0.462 e. The molecule has 0 aliphatic carbocycles. The van der Waals surface area contributed by atoms with Crippen molar-refractivity contribution in [3.05, 3.63) is 60.8 Å². The Morgan fingerprint density at radius 3 is 0.744 bits per heavy atom. The van der Waals surface area contributed by atoms with Gasteiger partial charge in [-0.1, -0.05) is 313 Å². The standard InChI is InChI=1S/C72H130O6/c1-4-7-10-13-16-19-22-25-27-29-31-32-33-34-35-36-37-38-39-40-42-43-45-47-50-53-56-59-62-65-71(74)77-68-69(67-76-70(73)64-61-58-55-52-49-24-21-18-15-12-9-6-3)78-72(75)66-63-60-57-54-51-48-46-44-41-30-28-26-23-20-17-14-11-8-5-2/h17,20,22,25-26,28-29,31,33-34,69H,4-16,18-19,21,23-24,27,30,32,35-68H2,1-3H3/b20-17-,25-22-,28-26-,31-29-,34-33-. The summed E-state index contributed by atoms with van der Waals surface area (Å²) < 4.78 is 17.0. The van der Waals surface area contributed by atoms with Crippen molar-refractivity contribution in [1.29, 1.82) is 0 Å². The van der Waals surface area contributed by atoms with E-state index >= 15 is 0 Å². The molecule has 0 radical (unpaired) electrons. The monoisotopic (exact) mass is 1090 g/mol. The van der Waals surface area contributed by atoms with Gasteiger partial charge in [0.2, 0.25) is 0 Å². The van der Waals surface area contributed by atoms with Crippen LogP contribution in [0.3, 0.4) is 0 Å². The first-order chi connectivity index (χ1) is 38.5. The van der Waals surface area contributed by atoms with E-state index < -0.39 is 6.10 Å². The average Bonchev–Trinajstić information content (AvgIpc) is 3.44. The molecule has 0 amide bonds. The van der Waals surface area contributed by atoms with Crippen molar-refractivity contribution >= 4 is 17.9 Å². The zero-order valence-corrected chi connectivity index (χ0v) is 52.2. The number of allylic oxidation sites excluding steroid dienone is 10. The van der Waals surface area contributed by atoms with Gasteiger partial charge in [0.15, 0.2) is 6.10 Å². The molecular formula is C72H130O6. The van der Waals surface area contributed by atoms with Crippen molar-refractivity contribution in [3.63, 3.8) is 0 Å². The van der Waals surface area contributed by atoms with Crippen LogP contribution in [0.5, 0.6) is 0 Å². The smallest absolute Gasteiger partial charge is 0.306 e. The van der Waals surface area contributed by atoms with E-state index in [1.165, 1.54) is 244 Å². The molecule has 0 fully saturated rings. The molecule has 0 rings (SSSR count). The molecule has 0 bridgehead atoms. The summed E-state index contributed by atoms with van der Waals surface area (Å²) >= 11 is 0. The average molecular weight is 1090 g/mol. The highest BCUT2D eigenvalue weighted by atomic mass is 16.6. The Hall–Kier alpha value is -2.89. The third-order valence-corrected chi connectivity index (χ3v) is 15.2. The summed E-state index contributed by atoms with van der Waals surface area (Å²) in [7, 11) is 0. The van der Waals surface area contributed by atoms with Crippen molar-refractivity contribution in [3.8, 4) is 0 Å². The molecule has 0 spiro atoms. The highest BCUT2D eigenvalue weighted by Gasteiger charge is 2.19. The van der Waals surface area contributed by atoms with E-state index in [-0.39, 0.29) is 31.1 Å².